The zero-order valence-corrected chi connectivity index (χ0v) is 22.3. The van der Waals surface area contributed by atoms with Gasteiger partial charge in [0.15, 0.2) is 0 Å². The van der Waals surface area contributed by atoms with Gasteiger partial charge in [0, 0.05) is 44.3 Å². The van der Waals surface area contributed by atoms with E-state index in [1.807, 2.05) is 13.8 Å². The number of piperazine rings is 1. The molecule has 0 aliphatic carbocycles. The molecule has 8 nitrogen and oxygen atoms in total. The number of rotatable bonds is 8. The highest BCUT2D eigenvalue weighted by atomic mass is 16.5. The van der Waals surface area contributed by atoms with Crippen molar-refractivity contribution in [3.63, 3.8) is 0 Å². The maximum Gasteiger partial charge on any atom is 0.252 e. The summed E-state index contributed by atoms with van der Waals surface area (Å²) in [7, 11) is 1.76. The Morgan fingerprint density at radius 1 is 1.11 bits per heavy atom. The number of nitrogens with zero attached hydrogens (tertiary/aromatic N) is 6. The third-order valence-corrected chi connectivity index (χ3v) is 7.39. The first kappa shape index (κ1) is 25.8. The molecule has 1 aromatic carbocycles. The van der Waals surface area contributed by atoms with E-state index in [-0.39, 0.29) is 30.3 Å². The number of ether oxygens (including phenoxy) is 1. The summed E-state index contributed by atoms with van der Waals surface area (Å²) < 4.78 is 9.07. The number of anilines is 1. The second-order valence-electron chi connectivity index (χ2n) is 10.0. The summed E-state index contributed by atoms with van der Waals surface area (Å²) in [6.07, 6.45) is 3.91. The van der Waals surface area contributed by atoms with Gasteiger partial charge in [-0.1, -0.05) is 26.0 Å². The lowest BCUT2D eigenvalue weighted by atomic mass is 9.96. The smallest absolute Gasteiger partial charge is 0.252 e. The molecular weight excluding hydrogens is 452 g/mol. The first-order chi connectivity index (χ1) is 17.3. The summed E-state index contributed by atoms with van der Waals surface area (Å²) in [5.41, 5.74) is 3.63. The first-order valence-corrected chi connectivity index (χ1v) is 13.0. The van der Waals surface area contributed by atoms with Crippen LogP contribution in [0.15, 0.2) is 41.3 Å². The number of pyridine rings is 1. The van der Waals surface area contributed by atoms with Crippen molar-refractivity contribution in [2.75, 3.05) is 18.0 Å². The highest BCUT2D eigenvalue weighted by Crippen LogP contribution is 2.34. The van der Waals surface area contributed by atoms with Crippen molar-refractivity contribution in [2.24, 2.45) is 7.05 Å². The van der Waals surface area contributed by atoms with E-state index in [1.165, 1.54) is 5.56 Å². The summed E-state index contributed by atoms with van der Waals surface area (Å²) >= 11 is 0. The fourth-order valence-electron chi connectivity index (χ4n) is 5.35. The second kappa shape index (κ2) is 10.8. The Labute approximate surface area is 213 Å². The van der Waals surface area contributed by atoms with Crippen molar-refractivity contribution < 1.29 is 4.74 Å². The Hall–Kier alpha value is -3.31. The van der Waals surface area contributed by atoms with Crippen LogP contribution in [0.1, 0.15) is 59.1 Å². The quantitative estimate of drug-likeness (QED) is 0.463. The van der Waals surface area contributed by atoms with Crippen LogP contribution < -0.4 is 15.2 Å². The summed E-state index contributed by atoms with van der Waals surface area (Å²) in [4.78, 5) is 17.9. The molecule has 1 aliphatic rings. The molecule has 36 heavy (non-hydrogen) atoms. The predicted octanol–water partition coefficient (Wildman–Crippen LogP) is 4.49. The molecule has 1 fully saturated rings. The molecule has 0 radical (unpaired) electrons. The lowest BCUT2D eigenvalue weighted by Gasteiger charge is -2.49. The molecule has 3 aromatic rings. The van der Waals surface area contributed by atoms with Crippen molar-refractivity contribution in [3.05, 3.63) is 52.4 Å². The molecular formula is C28H38N6O2. The summed E-state index contributed by atoms with van der Waals surface area (Å²) in [6, 6.07) is 13.2. The van der Waals surface area contributed by atoms with E-state index in [1.54, 1.807) is 28.6 Å². The van der Waals surface area contributed by atoms with Gasteiger partial charge in [-0.15, -0.1) is 0 Å². The minimum Gasteiger partial charge on any atom is -0.491 e. The standard InChI is InChI=1S/C28H38N6O2/c1-7-22-17-34(25-15-27(35)31(6)26-18-32(14-13-29)30-28(25)26)23(8-2)16-33(22)20(5)21-9-11-24(12-10-21)36-19(3)4/h9-12,15,18-20,22-23H,7-8,14,16-17H2,1-6H3/t20-,22-,23+/m1/s1. The average molecular weight is 491 g/mol. The lowest BCUT2D eigenvalue weighted by Crippen LogP contribution is -2.58. The van der Waals surface area contributed by atoms with Gasteiger partial charge in [0.2, 0.25) is 0 Å². The van der Waals surface area contributed by atoms with Gasteiger partial charge in [-0.25, -0.2) is 0 Å². The number of hydrogen-bond acceptors (Lipinski definition) is 6. The SMILES string of the molecule is CC[C@H]1CN([C@H](C)c2ccc(OC(C)C)cc2)[C@H](CC)CN1c1cc(=O)n(C)c2cn(CC#N)nc12. The zero-order valence-electron chi connectivity index (χ0n) is 22.3. The van der Waals surface area contributed by atoms with E-state index in [9.17, 15) is 4.79 Å². The van der Waals surface area contributed by atoms with E-state index in [0.717, 1.165) is 48.4 Å². The van der Waals surface area contributed by atoms with Crippen LogP contribution in [0.2, 0.25) is 0 Å². The number of nitriles is 1. The molecule has 8 heteroatoms. The topological polar surface area (TPSA) is 79.3 Å². The summed E-state index contributed by atoms with van der Waals surface area (Å²) in [5.74, 6) is 0.898. The number of aromatic nitrogens is 3. The first-order valence-electron chi connectivity index (χ1n) is 13.0. The van der Waals surface area contributed by atoms with Crippen LogP contribution in [0.25, 0.3) is 11.0 Å². The molecule has 1 saturated heterocycles. The zero-order chi connectivity index (χ0) is 26.0. The van der Waals surface area contributed by atoms with Crippen LogP contribution in [-0.2, 0) is 13.6 Å². The van der Waals surface area contributed by atoms with Gasteiger partial charge < -0.3 is 14.2 Å². The van der Waals surface area contributed by atoms with E-state index in [2.05, 4.69) is 60.9 Å². The van der Waals surface area contributed by atoms with Crippen LogP contribution >= 0.6 is 0 Å². The van der Waals surface area contributed by atoms with Gasteiger partial charge in [-0.2, -0.15) is 10.4 Å². The van der Waals surface area contributed by atoms with Gasteiger partial charge in [0.25, 0.3) is 5.56 Å². The van der Waals surface area contributed by atoms with Crippen molar-refractivity contribution in [1.29, 1.82) is 5.26 Å². The Morgan fingerprint density at radius 3 is 2.42 bits per heavy atom. The molecule has 192 valence electrons. The molecule has 0 amide bonds. The van der Waals surface area contributed by atoms with Crippen molar-refractivity contribution in [3.8, 4) is 11.8 Å². The summed E-state index contributed by atoms with van der Waals surface area (Å²) in [6.45, 7) is 12.7. The van der Waals surface area contributed by atoms with Crippen LogP contribution in [0.3, 0.4) is 0 Å². The molecule has 0 spiro atoms. The molecule has 0 unspecified atom stereocenters. The molecule has 3 atom stereocenters. The van der Waals surface area contributed by atoms with E-state index in [4.69, 9.17) is 15.1 Å². The highest BCUT2D eigenvalue weighted by molar-refractivity contribution is 5.88. The van der Waals surface area contributed by atoms with Gasteiger partial charge in [0.1, 0.15) is 17.8 Å². The maximum absolute atomic E-state index is 12.9. The average Bonchev–Trinajstić information content (AvgIpc) is 3.29. The minimum atomic E-state index is -0.0589. The fourth-order valence-corrected chi connectivity index (χ4v) is 5.35. The van der Waals surface area contributed by atoms with Gasteiger partial charge in [0.05, 0.1) is 29.6 Å². The molecule has 0 saturated carbocycles. The third kappa shape index (κ3) is 4.98. The van der Waals surface area contributed by atoms with Gasteiger partial charge in [-0.3, -0.25) is 14.4 Å². The minimum absolute atomic E-state index is 0.0589. The van der Waals surface area contributed by atoms with Gasteiger partial charge >= 0.3 is 0 Å². The van der Waals surface area contributed by atoms with Crippen molar-refractivity contribution >= 4 is 16.7 Å². The van der Waals surface area contributed by atoms with Gasteiger partial charge in [-0.05, 0) is 51.3 Å². The maximum atomic E-state index is 12.9. The van der Waals surface area contributed by atoms with Crippen LogP contribution in [0.4, 0.5) is 5.69 Å². The Bertz CT molecular complexity index is 1290. The third-order valence-electron chi connectivity index (χ3n) is 7.39. The number of hydrogen-bond donors (Lipinski definition) is 0. The lowest BCUT2D eigenvalue weighted by molar-refractivity contribution is 0.101. The number of benzene rings is 1. The number of fused-ring (bicyclic) bond motifs is 1. The molecule has 3 heterocycles. The predicted molar refractivity (Wildman–Crippen MR) is 143 cm³/mol. The van der Waals surface area contributed by atoms with E-state index >= 15 is 0 Å². The fraction of sp³-hybridized carbons (Fsp3) is 0.536. The van der Waals surface area contributed by atoms with E-state index in [0.29, 0.717) is 6.04 Å². The van der Waals surface area contributed by atoms with Crippen LogP contribution in [-0.4, -0.2) is 50.5 Å². The molecule has 2 aromatic heterocycles. The largest absolute Gasteiger partial charge is 0.491 e. The van der Waals surface area contributed by atoms with Crippen LogP contribution in [0, 0.1) is 11.3 Å². The Morgan fingerprint density at radius 2 is 1.81 bits per heavy atom. The highest BCUT2D eigenvalue weighted by Gasteiger charge is 2.36. The molecule has 0 bridgehead atoms. The Balaban J connectivity index is 1.65. The molecule has 4 rings (SSSR count). The van der Waals surface area contributed by atoms with E-state index < -0.39 is 0 Å². The molecule has 1 aliphatic heterocycles. The summed E-state index contributed by atoms with van der Waals surface area (Å²) in [5, 5.41) is 13.9. The van der Waals surface area contributed by atoms with Crippen molar-refractivity contribution in [1.82, 2.24) is 19.2 Å². The Kier molecular flexibility index (Phi) is 7.70. The molecule has 0 N–H and O–H groups in total. The monoisotopic (exact) mass is 490 g/mol. The second-order valence-corrected chi connectivity index (χ2v) is 10.0. The van der Waals surface area contributed by atoms with Crippen molar-refractivity contribution in [2.45, 2.75) is 78.2 Å². The van der Waals surface area contributed by atoms with Crippen LogP contribution in [0.5, 0.6) is 5.75 Å². The number of aryl methyl sites for hydroxylation is 1. The normalized spacial score (nSPS) is 19.6.